The summed E-state index contributed by atoms with van der Waals surface area (Å²) in [6.07, 6.45) is 8.89. The highest BCUT2D eigenvalue weighted by Gasteiger charge is 2.15. The molecular weight excluding hydrogens is 198 g/mol. The highest BCUT2D eigenvalue weighted by Crippen LogP contribution is 2.14. The maximum absolute atomic E-state index is 5.13. The molecule has 0 atom stereocenters. The van der Waals surface area contributed by atoms with E-state index in [0.29, 0.717) is 6.04 Å². The molecule has 2 nitrogen and oxygen atoms in total. The third kappa shape index (κ3) is 3.09. The zero-order valence-electron chi connectivity index (χ0n) is 9.91. The molecule has 1 N–H and O–H groups in total. The Hall–Kier alpha value is -1.31. The molecule has 2 rings (SSSR count). The Labute approximate surface area is 97.4 Å². The molecule has 0 spiro atoms. The molecule has 1 aliphatic carbocycles. The maximum atomic E-state index is 5.13. The van der Waals surface area contributed by atoms with Crippen molar-refractivity contribution < 1.29 is 9.73 Å². The second kappa shape index (κ2) is 5.69. The van der Waals surface area contributed by atoms with Crippen molar-refractivity contribution in [1.82, 2.24) is 0 Å². The molecule has 1 aromatic carbocycles. The molecule has 1 aromatic rings. The minimum atomic E-state index is 0.677. The van der Waals surface area contributed by atoms with Gasteiger partial charge in [0.05, 0.1) is 7.11 Å². The first-order chi connectivity index (χ1) is 7.88. The van der Waals surface area contributed by atoms with Crippen molar-refractivity contribution in [1.29, 1.82) is 0 Å². The van der Waals surface area contributed by atoms with E-state index in [9.17, 15) is 0 Å². The third-order valence-corrected chi connectivity index (χ3v) is 3.21. The molecule has 0 unspecified atom stereocenters. The second-order valence-electron chi connectivity index (χ2n) is 4.42. The zero-order chi connectivity index (χ0) is 11.2. The Morgan fingerprint density at radius 2 is 1.81 bits per heavy atom. The fraction of sp³-hybridized carbons (Fsp3) is 0.500. The minimum absolute atomic E-state index is 0.677. The summed E-state index contributed by atoms with van der Waals surface area (Å²) in [5.74, 6) is 0.912. The van der Waals surface area contributed by atoms with Gasteiger partial charge in [0.25, 0.3) is 0 Å². The molecule has 0 saturated heterocycles. The van der Waals surface area contributed by atoms with Crippen molar-refractivity contribution in [3.63, 3.8) is 0 Å². The van der Waals surface area contributed by atoms with Gasteiger partial charge in [-0.2, -0.15) is 0 Å². The van der Waals surface area contributed by atoms with Crippen LogP contribution in [0.1, 0.15) is 37.7 Å². The molecule has 86 valence electrons. The zero-order valence-corrected chi connectivity index (χ0v) is 9.91. The Morgan fingerprint density at radius 1 is 1.12 bits per heavy atom. The summed E-state index contributed by atoms with van der Waals surface area (Å²) in [4.78, 5) is 3.51. The first kappa shape index (κ1) is 11.2. The lowest BCUT2D eigenvalue weighted by Crippen LogP contribution is -2.76. The summed E-state index contributed by atoms with van der Waals surface area (Å²) in [5, 5.41) is 0. The third-order valence-electron chi connectivity index (χ3n) is 3.21. The smallest absolute Gasteiger partial charge is 0.169 e. The molecule has 0 bridgehead atoms. The summed E-state index contributed by atoms with van der Waals surface area (Å²) in [5.41, 5.74) is 1.21. The predicted octanol–water partition coefficient (Wildman–Crippen LogP) is 1.53. The molecule has 16 heavy (non-hydrogen) atoms. The lowest BCUT2D eigenvalue weighted by molar-refractivity contribution is -0.502. The largest absolute Gasteiger partial charge is 0.497 e. The fourth-order valence-corrected chi connectivity index (χ4v) is 2.18. The highest BCUT2D eigenvalue weighted by molar-refractivity contribution is 5.75. The SMILES string of the molecule is COc1ccc(C=[NH+]C2CCCCC2)cc1. The summed E-state index contributed by atoms with van der Waals surface area (Å²) >= 11 is 0. The van der Waals surface area contributed by atoms with Crippen LogP contribution in [-0.2, 0) is 0 Å². The van der Waals surface area contributed by atoms with Gasteiger partial charge in [-0.1, -0.05) is 6.42 Å². The summed E-state index contributed by atoms with van der Waals surface area (Å²) in [7, 11) is 1.69. The quantitative estimate of drug-likeness (QED) is 0.764. The van der Waals surface area contributed by atoms with Crippen LogP contribution in [0.5, 0.6) is 5.75 Å². The van der Waals surface area contributed by atoms with Crippen molar-refractivity contribution in [2.24, 2.45) is 0 Å². The van der Waals surface area contributed by atoms with Gasteiger partial charge in [0.1, 0.15) is 5.75 Å². The average molecular weight is 218 g/mol. The van der Waals surface area contributed by atoms with Crippen LogP contribution >= 0.6 is 0 Å². The first-order valence-electron chi connectivity index (χ1n) is 6.12. The van der Waals surface area contributed by atoms with Crippen molar-refractivity contribution in [3.8, 4) is 5.75 Å². The fourth-order valence-electron chi connectivity index (χ4n) is 2.18. The number of benzene rings is 1. The van der Waals surface area contributed by atoms with E-state index < -0.39 is 0 Å². The van der Waals surface area contributed by atoms with Gasteiger partial charge in [0.2, 0.25) is 0 Å². The van der Waals surface area contributed by atoms with Gasteiger partial charge < -0.3 is 4.74 Å². The van der Waals surface area contributed by atoms with Gasteiger partial charge in [-0.25, -0.2) is 4.99 Å². The standard InChI is InChI=1S/C14H19NO/c1-16-14-9-7-12(8-10-14)11-15-13-5-3-2-4-6-13/h7-11,13H,2-6H2,1H3/p+1. The number of hydrogen-bond acceptors (Lipinski definition) is 1. The van der Waals surface area contributed by atoms with E-state index in [1.165, 1.54) is 37.7 Å². The van der Waals surface area contributed by atoms with Gasteiger partial charge in [0.15, 0.2) is 12.3 Å². The monoisotopic (exact) mass is 218 g/mol. The van der Waals surface area contributed by atoms with Gasteiger partial charge >= 0.3 is 0 Å². The molecule has 2 heteroatoms. The first-order valence-corrected chi connectivity index (χ1v) is 6.12. The minimum Gasteiger partial charge on any atom is -0.497 e. The van der Waals surface area contributed by atoms with E-state index in [1.54, 1.807) is 7.11 Å². The normalized spacial score (nSPS) is 17.8. The Morgan fingerprint density at radius 3 is 2.44 bits per heavy atom. The summed E-state index contributed by atoms with van der Waals surface area (Å²) < 4.78 is 5.13. The highest BCUT2D eigenvalue weighted by atomic mass is 16.5. The van der Waals surface area contributed by atoms with E-state index in [-0.39, 0.29) is 0 Å². The lowest BCUT2D eigenvalue weighted by Gasteiger charge is -2.12. The van der Waals surface area contributed by atoms with Crippen LogP contribution in [0.2, 0.25) is 0 Å². The van der Waals surface area contributed by atoms with Crippen molar-refractivity contribution in [2.75, 3.05) is 7.11 Å². The molecular formula is C14H20NO+. The summed E-state index contributed by atoms with van der Waals surface area (Å²) in [6.45, 7) is 0. The molecule has 1 fully saturated rings. The van der Waals surface area contributed by atoms with E-state index in [4.69, 9.17) is 4.74 Å². The van der Waals surface area contributed by atoms with Crippen molar-refractivity contribution >= 4 is 6.21 Å². The Kier molecular flexibility index (Phi) is 3.97. The molecule has 0 aromatic heterocycles. The van der Waals surface area contributed by atoms with Crippen LogP contribution in [-0.4, -0.2) is 19.4 Å². The van der Waals surface area contributed by atoms with Gasteiger partial charge in [-0.15, -0.1) is 0 Å². The van der Waals surface area contributed by atoms with E-state index in [2.05, 4.69) is 23.3 Å². The molecule has 0 radical (unpaired) electrons. The molecule has 1 saturated carbocycles. The molecule has 0 aliphatic heterocycles. The van der Waals surface area contributed by atoms with E-state index >= 15 is 0 Å². The van der Waals surface area contributed by atoms with Crippen LogP contribution in [0.4, 0.5) is 0 Å². The topological polar surface area (TPSA) is 23.2 Å². The molecule has 1 aliphatic rings. The average Bonchev–Trinajstić information content (AvgIpc) is 2.38. The van der Waals surface area contributed by atoms with Crippen LogP contribution in [0.25, 0.3) is 0 Å². The number of nitrogens with one attached hydrogen (secondary N) is 1. The van der Waals surface area contributed by atoms with Crippen LogP contribution in [0.3, 0.4) is 0 Å². The lowest BCUT2D eigenvalue weighted by atomic mass is 9.96. The van der Waals surface area contributed by atoms with Crippen LogP contribution < -0.4 is 9.73 Å². The van der Waals surface area contributed by atoms with E-state index in [0.717, 1.165) is 5.75 Å². The Balaban J connectivity index is 1.94. The van der Waals surface area contributed by atoms with E-state index in [1.807, 2.05) is 12.1 Å². The molecule has 0 heterocycles. The van der Waals surface area contributed by atoms with Crippen LogP contribution in [0, 0.1) is 0 Å². The van der Waals surface area contributed by atoms with Crippen LogP contribution in [0.15, 0.2) is 24.3 Å². The van der Waals surface area contributed by atoms with Crippen molar-refractivity contribution in [3.05, 3.63) is 29.8 Å². The number of rotatable bonds is 3. The van der Waals surface area contributed by atoms with Crippen molar-refractivity contribution in [2.45, 2.75) is 38.1 Å². The Bertz CT molecular complexity index is 336. The summed E-state index contributed by atoms with van der Waals surface area (Å²) in [6, 6.07) is 8.82. The molecule has 0 amide bonds. The maximum Gasteiger partial charge on any atom is 0.169 e. The second-order valence-corrected chi connectivity index (χ2v) is 4.42. The van der Waals surface area contributed by atoms with Gasteiger partial charge in [-0.05, 0) is 37.1 Å². The van der Waals surface area contributed by atoms with Gasteiger partial charge in [-0.3, -0.25) is 0 Å². The predicted molar refractivity (Wildman–Crippen MR) is 66.0 cm³/mol. The number of hydrogen-bond donors (Lipinski definition) is 1. The number of methoxy groups -OCH3 is 1. The number of ether oxygens (including phenoxy) is 1. The van der Waals surface area contributed by atoms with Gasteiger partial charge in [0, 0.05) is 18.4 Å².